The van der Waals surface area contributed by atoms with Crippen LogP contribution >= 0.6 is 0 Å². The number of rotatable bonds is 2. The number of hydrogen-bond donors (Lipinski definition) is 0. The van der Waals surface area contributed by atoms with Crippen LogP contribution in [0.15, 0.2) is 30.3 Å². The van der Waals surface area contributed by atoms with Gasteiger partial charge in [-0.1, -0.05) is 101 Å². The van der Waals surface area contributed by atoms with E-state index >= 15 is 0 Å². The smallest absolute Gasteiger partial charge is 0.0131 e. The lowest BCUT2D eigenvalue weighted by Gasteiger charge is -2.37. The normalized spacial score (nSPS) is 29.1. The molecule has 2 aliphatic rings. The molecule has 0 nitrogen and oxygen atoms in total. The van der Waals surface area contributed by atoms with Crippen molar-refractivity contribution in [3.63, 3.8) is 0 Å². The van der Waals surface area contributed by atoms with Crippen molar-refractivity contribution in [1.82, 2.24) is 0 Å². The predicted octanol–water partition coefficient (Wildman–Crippen LogP) is 7.10. The van der Waals surface area contributed by atoms with E-state index < -0.39 is 0 Å². The zero-order chi connectivity index (χ0) is 15.0. The number of benzene rings is 1. The quantitative estimate of drug-likeness (QED) is 0.546. The van der Waals surface area contributed by atoms with Crippen molar-refractivity contribution in [3.05, 3.63) is 35.9 Å². The minimum Gasteiger partial charge on any atom is -0.0622 e. The fraction of sp³-hybridized carbons (Fsp3) is 0.727. The highest BCUT2D eigenvalue weighted by molar-refractivity contribution is 5.20. The maximum Gasteiger partial charge on any atom is -0.0131 e. The highest BCUT2D eigenvalue weighted by Crippen LogP contribution is 2.43. The molecule has 1 aromatic rings. The van der Waals surface area contributed by atoms with Crippen LogP contribution in [0.25, 0.3) is 0 Å². The highest BCUT2D eigenvalue weighted by Gasteiger charge is 2.30. The standard InChI is InChI=1S/C22H34/c1-2-7-13-19(14-8-3-1)21-17-11-4-5-12-18-22(21)20-15-9-6-10-16-20/h6,9-10,15-16,19,21-22H,1-5,7-8,11-14,17-18H2/t21-,22+/m1/s1. The zero-order valence-corrected chi connectivity index (χ0v) is 14.3. The predicted molar refractivity (Wildman–Crippen MR) is 96.2 cm³/mol. The molecule has 2 saturated carbocycles. The van der Waals surface area contributed by atoms with E-state index in [4.69, 9.17) is 0 Å². The molecule has 0 saturated heterocycles. The van der Waals surface area contributed by atoms with Crippen LogP contribution in [0.4, 0.5) is 0 Å². The molecule has 122 valence electrons. The van der Waals surface area contributed by atoms with Gasteiger partial charge in [0.2, 0.25) is 0 Å². The van der Waals surface area contributed by atoms with E-state index in [2.05, 4.69) is 30.3 Å². The molecule has 0 N–H and O–H groups in total. The summed E-state index contributed by atoms with van der Waals surface area (Å²) in [5.74, 6) is 2.80. The summed E-state index contributed by atoms with van der Waals surface area (Å²) in [4.78, 5) is 0. The molecule has 2 fully saturated rings. The van der Waals surface area contributed by atoms with Gasteiger partial charge in [0.15, 0.2) is 0 Å². The van der Waals surface area contributed by atoms with Crippen LogP contribution in [0.5, 0.6) is 0 Å². The van der Waals surface area contributed by atoms with E-state index in [1.165, 1.54) is 83.5 Å². The van der Waals surface area contributed by atoms with E-state index in [9.17, 15) is 0 Å². The zero-order valence-electron chi connectivity index (χ0n) is 14.3. The maximum atomic E-state index is 2.40. The largest absolute Gasteiger partial charge is 0.0622 e. The summed E-state index contributed by atoms with van der Waals surface area (Å²) in [6.45, 7) is 0. The molecule has 0 unspecified atom stereocenters. The summed E-state index contributed by atoms with van der Waals surface area (Å²) >= 11 is 0. The Hall–Kier alpha value is -0.780. The second-order valence-corrected chi connectivity index (χ2v) is 7.78. The van der Waals surface area contributed by atoms with Crippen molar-refractivity contribution >= 4 is 0 Å². The van der Waals surface area contributed by atoms with Gasteiger partial charge in [-0.2, -0.15) is 0 Å². The van der Waals surface area contributed by atoms with Crippen molar-refractivity contribution < 1.29 is 0 Å². The van der Waals surface area contributed by atoms with Gasteiger partial charge in [0, 0.05) is 0 Å². The molecule has 0 amide bonds. The van der Waals surface area contributed by atoms with Gasteiger partial charge >= 0.3 is 0 Å². The Bertz CT molecular complexity index is 399. The Kier molecular flexibility index (Phi) is 6.40. The van der Waals surface area contributed by atoms with Gasteiger partial charge in [-0.05, 0) is 36.2 Å². The lowest BCUT2D eigenvalue weighted by Crippen LogP contribution is -2.24. The van der Waals surface area contributed by atoms with Crippen molar-refractivity contribution in [3.8, 4) is 0 Å². The molecule has 0 aromatic heterocycles. The summed E-state index contributed by atoms with van der Waals surface area (Å²) in [5.41, 5.74) is 1.64. The molecule has 3 rings (SSSR count). The van der Waals surface area contributed by atoms with E-state index in [0.29, 0.717) is 0 Å². The Morgan fingerprint density at radius 2 is 1.09 bits per heavy atom. The molecular weight excluding hydrogens is 264 g/mol. The van der Waals surface area contributed by atoms with Crippen molar-refractivity contribution in [1.29, 1.82) is 0 Å². The summed E-state index contributed by atoms with van der Waals surface area (Å²) in [7, 11) is 0. The van der Waals surface area contributed by atoms with Crippen LogP contribution in [0.1, 0.15) is 95.0 Å². The Morgan fingerprint density at radius 1 is 0.545 bits per heavy atom. The summed E-state index contributed by atoms with van der Waals surface area (Å²) in [6.07, 6.45) is 19.2. The van der Waals surface area contributed by atoms with E-state index in [-0.39, 0.29) is 0 Å². The lowest BCUT2D eigenvalue weighted by molar-refractivity contribution is 0.194. The summed E-state index contributed by atoms with van der Waals surface area (Å²) in [6, 6.07) is 11.5. The summed E-state index contributed by atoms with van der Waals surface area (Å²) in [5, 5.41) is 0. The van der Waals surface area contributed by atoms with Crippen LogP contribution < -0.4 is 0 Å². The first-order chi connectivity index (χ1) is 10.9. The SMILES string of the molecule is c1ccc([C@@H]2CCCCCC[C@@H]2C2CCCCCCC2)cc1. The Morgan fingerprint density at radius 3 is 1.77 bits per heavy atom. The average Bonchev–Trinajstić information content (AvgIpc) is 2.49. The molecule has 22 heavy (non-hydrogen) atoms. The molecule has 2 atom stereocenters. The molecule has 0 radical (unpaired) electrons. The van der Waals surface area contributed by atoms with Crippen LogP contribution in [0, 0.1) is 11.8 Å². The fourth-order valence-corrected chi connectivity index (χ4v) is 5.11. The Labute approximate surface area is 137 Å². The third-order valence-corrected chi connectivity index (χ3v) is 6.30. The second kappa shape index (κ2) is 8.75. The first-order valence-electron chi connectivity index (χ1n) is 10.00. The van der Waals surface area contributed by atoms with Gasteiger partial charge in [-0.15, -0.1) is 0 Å². The molecule has 0 bridgehead atoms. The summed E-state index contributed by atoms with van der Waals surface area (Å²) < 4.78 is 0. The van der Waals surface area contributed by atoms with Crippen molar-refractivity contribution in [2.75, 3.05) is 0 Å². The van der Waals surface area contributed by atoms with Gasteiger partial charge in [0.05, 0.1) is 0 Å². The van der Waals surface area contributed by atoms with E-state index in [1.54, 1.807) is 5.56 Å². The molecule has 1 aromatic carbocycles. The van der Waals surface area contributed by atoms with Crippen LogP contribution in [-0.4, -0.2) is 0 Å². The molecule has 0 heterocycles. The maximum absolute atomic E-state index is 2.40. The van der Waals surface area contributed by atoms with Crippen LogP contribution in [0.2, 0.25) is 0 Å². The van der Waals surface area contributed by atoms with Gasteiger partial charge < -0.3 is 0 Å². The third kappa shape index (κ3) is 4.37. The molecule has 2 aliphatic carbocycles. The monoisotopic (exact) mass is 298 g/mol. The van der Waals surface area contributed by atoms with Crippen LogP contribution in [-0.2, 0) is 0 Å². The second-order valence-electron chi connectivity index (χ2n) is 7.78. The van der Waals surface area contributed by atoms with Gasteiger partial charge in [0.25, 0.3) is 0 Å². The molecule has 0 aliphatic heterocycles. The average molecular weight is 299 g/mol. The molecular formula is C22H34. The fourth-order valence-electron chi connectivity index (χ4n) is 5.11. The van der Waals surface area contributed by atoms with Crippen molar-refractivity contribution in [2.24, 2.45) is 11.8 Å². The van der Waals surface area contributed by atoms with Crippen LogP contribution in [0.3, 0.4) is 0 Å². The Balaban J connectivity index is 1.78. The minimum atomic E-state index is 0.839. The van der Waals surface area contributed by atoms with E-state index in [1.807, 2.05) is 0 Å². The lowest BCUT2D eigenvalue weighted by atomic mass is 9.68. The minimum absolute atomic E-state index is 0.839. The topological polar surface area (TPSA) is 0 Å². The first-order valence-corrected chi connectivity index (χ1v) is 10.00. The third-order valence-electron chi connectivity index (χ3n) is 6.30. The van der Waals surface area contributed by atoms with Gasteiger partial charge in [0.1, 0.15) is 0 Å². The molecule has 0 heteroatoms. The number of hydrogen-bond acceptors (Lipinski definition) is 0. The van der Waals surface area contributed by atoms with Gasteiger partial charge in [-0.3, -0.25) is 0 Å². The highest BCUT2D eigenvalue weighted by atomic mass is 14.4. The first kappa shape index (κ1) is 16.1. The van der Waals surface area contributed by atoms with Crippen molar-refractivity contribution in [2.45, 2.75) is 89.4 Å². The van der Waals surface area contributed by atoms with Gasteiger partial charge in [-0.25, -0.2) is 0 Å². The van der Waals surface area contributed by atoms with E-state index in [0.717, 1.165) is 17.8 Å². The molecule has 0 spiro atoms.